The van der Waals surface area contributed by atoms with E-state index in [4.69, 9.17) is 39.9 Å². The van der Waals surface area contributed by atoms with Gasteiger partial charge in [0.15, 0.2) is 0 Å². The summed E-state index contributed by atoms with van der Waals surface area (Å²) in [5.74, 6) is 7.20. The molecule has 0 aliphatic carbocycles. The van der Waals surface area contributed by atoms with Gasteiger partial charge in [0.25, 0.3) is 0 Å². The number of hydrogen-bond donors (Lipinski definition) is 0. The van der Waals surface area contributed by atoms with Gasteiger partial charge in [0.1, 0.15) is 0 Å². The van der Waals surface area contributed by atoms with Crippen molar-refractivity contribution in [2.45, 2.75) is 267 Å². The minimum absolute atomic E-state index is 0. The van der Waals surface area contributed by atoms with Crippen molar-refractivity contribution in [3.63, 3.8) is 0 Å². The van der Waals surface area contributed by atoms with Crippen LogP contribution in [0, 0.1) is 39.5 Å². The predicted molar refractivity (Wildman–Crippen MR) is 498 cm³/mol. The molecule has 10 aromatic rings. The molecule has 14 rings (SSSR count). The first kappa shape index (κ1) is 92.5. The van der Waals surface area contributed by atoms with E-state index < -0.39 is 7.25 Å². The quantitative estimate of drug-likeness (QED) is 0.0676. The monoisotopic (exact) mass is 1850 g/mol. The molecule has 6 aromatic heterocycles. The summed E-state index contributed by atoms with van der Waals surface area (Å²) in [6.45, 7) is 64.0. The molecule has 121 heavy (non-hydrogen) atoms. The number of allylic oxidation sites excluding steroid dienone is 8. The fourth-order valence-electron chi connectivity index (χ4n) is 18.2. The van der Waals surface area contributed by atoms with Crippen LogP contribution in [0.2, 0.25) is 0 Å². The molecule has 0 atom stereocenters. The van der Waals surface area contributed by atoms with Crippen LogP contribution >= 0.6 is 0 Å². The fraction of sp³-hybridized carbons (Fsp3) is 0.377. The number of aromatic nitrogens is 8. The number of rotatable bonds is 12. The van der Waals surface area contributed by atoms with Gasteiger partial charge in [-0.2, -0.15) is 0 Å². The molecule has 626 valence electrons. The summed E-state index contributed by atoms with van der Waals surface area (Å²) < 4.78 is 39.0. The van der Waals surface area contributed by atoms with Crippen LogP contribution in [0.1, 0.15) is 315 Å². The van der Waals surface area contributed by atoms with Crippen LogP contribution < -0.4 is 19.9 Å². The topological polar surface area (TPSA) is 108 Å². The third-order valence-corrected chi connectivity index (χ3v) is 25.2. The number of aryl methyl sites for hydroxylation is 8. The molecule has 4 aliphatic heterocycles. The summed E-state index contributed by atoms with van der Waals surface area (Å²) in [5, 5.41) is 0. The Bertz CT molecular complexity index is 5930. The van der Waals surface area contributed by atoms with Crippen molar-refractivity contribution >= 4 is 96.0 Å². The van der Waals surface area contributed by atoms with Crippen molar-refractivity contribution < 1.29 is 59.1 Å². The van der Waals surface area contributed by atoms with Crippen LogP contribution in [-0.4, -0.2) is 27.2 Å². The molecule has 0 saturated carbocycles. The smallest absolute Gasteiger partial charge is 0.657 e. The average Bonchev–Trinajstić information content (AvgIpc) is 1.60. The van der Waals surface area contributed by atoms with E-state index in [2.05, 4.69) is 315 Å². The number of nitrogens with zero attached hydrogens (tertiary/aromatic N) is 8. The zero-order chi connectivity index (χ0) is 86.5. The van der Waals surface area contributed by atoms with Gasteiger partial charge in [-0.3, -0.25) is 0 Å². The summed E-state index contributed by atoms with van der Waals surface area (Å²) in [4.78, 5) is 46.2. The van der Waals surface area contributed by atoms with Crippen molar-refractivity contribution in [2.24, 2.45) is 0 Å². The normalized spacial score (nSPS) is 13.4. The van der Waals surface area contributed by atoms with Gasteiger partial charge in [0.05, 0.1) is 45.6 Å². The second-order valence-electron chi connectivity index (χ2n) is 37.0. The van der Waals surface area contributed by atoms with E-state index in [1.807, 2.05) is 0 Å². The molecular formula is C106H118AuBF4N8Zn. The first-order valence-electron chi connectivity index (χ1n) is 43.1. The van der Waals surface area contributed by atoms with Gasteiger partial charge in [-0.1, -0.05) is 280 Å². The SMILES string of the molecule is CCC1=C(C)c2nc1cc1[n-]c(c(C)c1CC)c(-c1ccc(C#Cc3ccc(-c4c5nc(cc6[n-]c(c(C)c6CC)c(-c6cc(C(C)(C)C)cc(C(C)(C)C)c6)c6nc(cc7[n-]c4c(C)c7CC)C(CC)=C6C)C(CC)=C5C)cc3)cc1)c1nc(cc3[n-]c(c(C)c3CC)c2-c2cc(C(C)(C)C)cc(C(C)(C)C)c2)C(CC)=C1C.F[B-](F)(F)F.[Au+3].[Zn+2]. The Morgan fingerprint density at radius 1 is 0.298 bits per heavy atom. The first-order valence-corrected chi connectivity index (χ1v) is 43.1. The molecule has 16 bridgehead atoms. The molecule has 0 fully saturated rings. The molecule has 0 radical (unpaired) electrons. The summed E-state index contributed by atoms with van der Waals surface area (Å²) in [6.07, 6.45) is 6.51. The third kappa shape index (κ3) is 17.8. The van der Waals surface area contributed by atoms with Crippen LogP contribution in [0.5, 0.6) is 0 Å². The third-order valence-electron chi connectivity index (χ3n) is 25.2. The largest absolute Gasteiger partial charge is 3.00 e. The molecule has 0 N–H and O–H groups in total. The standard InChI is InChI=1S/C106H118N8.Au.BF4.Zn/c1-29-75-57(9)95-91(96-58(10)76(30-2)84(108-96)54-88-80(34-6)62(14)100(112-88)93(99-61(13)79(33-5)87(111-99)53-83(75)107-95)69-47-71(103(17,18)19)51-72(48-69)104(20,21)22)67-43-39-65(40-44-67)37-38-66-41-45-68(46-42-66)92-97-59(11)77(31-3)85(109-97)55-89-81(35-7)63(15)101(113-89)94(70-49-73(105(23,24)25)52-74(50-70)106(26,27)28)102-64(16)82(36-8)90(114-102)56-86-78(32-4)60(12)98(92)110-86;;2-1(3,4)5;/h39-56H,29-36H2,1-28H3;;;/q-4;+3;-1;+2. The Morgan fingerprint density at radius 2 is 0.496 bits per heavy atom. The molecule has 4 aromatic carbocycles. The van der Waals surface area contributed by atoms with E-state index in [0.29, 0.717) is 0 Å². The first-order chi connectivity index (χ1) is 56.0. The van der Waals surface area contributed by atoms with Crippen molar-refractivity contribution in [3.8, 4) is 56.3 Å². The molecule has 15 heteroatoms. The van der Waals surface area contributed by atoms with Gasteiger partial charge in [-0.15, -0.1) is 44.1 Å². The van der Waals surface area contributed by atoms with Crippen molar-refractivity contribution in [3.05, 3.63) is 233 Å². The van der Waals surface area contributed by atoms with Gasteiger partial charge >= 0.3 is 49.1 Å². The van der Waals surface area contributed by atoms with Crippen LogP contribution in [0.4, 0.5) is 17.3 Å². The molecule has 8 nitrogen and oxygen atoms in total. The van der Waals surface area contributed by atoms with Gasteiger partial charge in [0, 0.05) is 11.1 Å². The van der Waals surface area contributed by atoms with Gasteiger partial charge in [-0.05, 0) is 264 Å². The minimum Gasteiger partial charge on any atom is -0.657 e. The predicted octanol–water partition coefficient (Wildman–Crippen LogP) is 28.9. The van der Waals surface area contributed by atoms with Gasteiger partial charge < -0.3 is 37.2 Å². The van der Waals surface area contributed by atoms with E-state index in [1.165, 1.54) is 89.1 Å². The number of hydrogen-bond acceptors (Lipinski definition) is 4. The number of fused-ring (bicyclic) bond motifs is 16. The summed E-state index contributed by atoms with van der Waals surface area (Å²) in [5.41, 5.74) is 49.7. The van der Waals surface area contributed by atoms with E-state index >= 15 is 0 Å². The fourth-order valence-corrected chi connectivity index (χ4v) is 18.2. The van der Waals surface area contributed by atoms with Crippen LogP contribution in [-0.2, 0) is 89.2 Å². The molecule has 0 unspecified atom stereocenters. The molecule has 10 heterocycles. The summed E-state index contributed by atoms with van der Waals surface area (Å²) in [6, 6.07) is 41.1. The van der Waals surface area contributed by atoms with Crippen molar-refractivity contribution in [1.82, 2.24) is 39.9 Å². The molecule has 0 saturated heterocycles. The van der Waals surface area contributed by atoms with Crippen LogP contribution in [0.3, 0.4) is 0 Å². The second-order valence-corrected chi connectivity index (χ2v) is 37.0. The average molecular weight is 1850 g/mol. The van der Waals surface area contributed by atoms with Gasteiger partial charge in [-0.25, -0.2) is 19.9 Å². The maximum Gasteiger partial charge on any atom is 3.00 e. The van der Waals surface area contributed by atoms with E-state index in [0.717, 1.165) is 219 Å². The summed E-state index contributed by atoms with van der Waals surface area (Å²) >= 11 is 0. The molecule has 0 spiro atoms. The van der Waals surface area contributed by atoms with Crippen LogP contribution in [0.15, 0.2) is 109 Å². The Labute approximate surface area is 745 Å². The van der Waals surface area contributed by atoms with Crippen molar-refractivity contribution in [1.29, 1.82) is 0 Å². The zero-order valence-electron chi connectivity index (χ0n) is 76.7. The maximum absolute atomic E-state index is 9.75. The van der Waals surface area contributed by atoms with E-state index in [-0.39, 0.29) is 63.5 Å². The van der Waals surface area contributed by atoms with Crippen molar-refractivity contribution in [2.75, 3.05) is 0 Å². The van der Waals surface area contributed by atoms with Gasteiger partial charge in [0.2, 0.25) is 0 Å². The Morgan fingerprint density at radius 3 is 0.678 bits per heavy atom. The number of halogens is 4. The Kier molecular flexibility index (Phi) is 26.9. The molecule has 4 aliphatic rings. The molecular weight excluding hydrogens is 1730 g/mol. The van der Waals surface area contributed by atoms with E-state index in [9.17, 15) is 17.3 Å². The Hall–Kier alpha value is -9.21. The minimum atomic E-state index is -6.00. The van der Waals surface area contributed by atoms with E-state index in [1.54, 1.807) is 0 Å². The second kappa shape index (κ2) is 35.2. The van der Waals surface area contributed by atoms with Crippen LogP contribution in [0.25, 0.3) is 133 Å². The Balaban J connectivity index is 0.00000198. The maximum atomic E-state index is 9.75. The number of benzene rings is 4. The zero-order valence-corrected chi connectivity index (χ0v) is 81.9. The summed E-state index contributed by atoms with van der Waals surface area (Å²) in [7, 11) is -6.00. The molecule has 0 amide bonds.